The van der Waals surface area contributed by atoms with Crippen LogP contribution >= 0.6 is 0 Å². The van der Waals surface area contributed by atoms with Crippen molar-refractivity contribution in [2.24, 2.45) is 0 Å². The smallest absolute Gasteiger partial charge is 0.255 e. The molecular weight excluding hydrogens is 360 g/mol. The number of hydrogen-bond donors (Lipinski definition) is 0. The fourth-order valence-electron chi connectivity index (χ4n) is 4.13. The van der Waals surface area contributed by atoms with Crippen molar-refractivity contribution in [2.45, 2.75) is 29.5 Å². The molecule has 6 heteroatoms. The van der Waals surface area contributed by atoms with E-state index in [2.05, 4.69) is 4.90 Å². The first kappa shape index (κ1) is 18.2. The first-order valence-corrected chi connectivity index (χ1v) is 11.1. The summed E-state index contributed by atoms with van der Waals surface area (Å²) in [6, 6.07) is 16.1. The van der Waals surface area contributed by atoms with Crippen molar-refractivity contribution >= 4 is 15.7 Å². The van der Waals surface area contributed by atoms with Gasteiger partial charge in [-0.1, -0.05) is 42.5 Å². The van der Waals surface area contributed by atoms with Crippen LogP contribution in [0.4, 0.5) is 0 Å². The zero-order valence-electron chi connectivity index (χ0n) is 15.3. The van der Waals surface area contributed by atoms with E-state index >= 15 is 0 Å². The number of hydrogen-bond acceptors (Lipinski definition) is 4. The average Bonchev–Trinajstić information content (AvgIpc) is 3.15. The lowest BCUT2D eigenvalue weighted by atomic mass is 10.1. The van der Waals surface area contributed by atoms with E-state index in [-0.39, 0.29) is 16.6 Å². The highest BCUT2D eigenvalue weighted by Crippen LogP contribution is 2.26. The highest BCUT2D eigenvalue weighted by molar-refractivity contribution is 7.90. The highest BCUT2D eigenvalue weighted by Gasteiger charge is 2.34. The predicted octanol–water partition coefficient (Wildman–Crippen LogP) is 2.58. The third-order valence-corrected chi connectivity index (χ3v) is 7.27. The Balaban J connectivity index is 1.60. The number of piperazine rings is 1. The minimum atomic E-state index is -3.60. The molecule has 1 atom stereocenters. The van der Waals surface area contributed by atoms with Gasteiger partial charge in [-0.3, -0.25) is 9.69 Å². The molecule has 0 spiro atoms. The Morgan fingerprint density at radius 1 is 0.963 bits per heavy atom. The number of benzene rings is 2. The van der Waals surface area contributed by atoms with Crippen molar-refractivity contribution in [3.8, 4) is 0 Å². The van der Waals surface area contributed by atoms with Gasteiger partial charge in [0.15, 0.2) is 9.84 Å². The summed E-state index contributed by atoms with van der Waals surface area (Å²) in [7, 11) is -3.60. The van der Waals surface area contributed by atoms with Gasteiger partial charge in [-0.25, -0.2) is 8.42 Å². The standard InChI is InChI=1S/C21H24N2O3S/c24-21(23-14-13-22-12-6-9-18(22)15-23)19-10-4-5-11-20(19)27(25,26)16-17-7-2-1-3-8-17/h1-5,7-8,10-11,18H,6,9,12-16H2. The Bertz CT molecular complexity index is 927. The van der Waals surface area contributed by atoms with E-state index < -0.39 is 9.84 Å². The van der Waals surface area contributed by atoms with E-state index in [0.717, 1.165) is 25.1 Å². The fourth-order valence-corrected chi connectivity index (χ4v) is 5.69. The topological polar surface area (TPSA) is 57.7 Å². The summed E-state index contributed by atoms with van der Waals surface area (Å²) in [6.07, 6.45) is 2.28. The third kappa shape index (κ3) is 3.77. The van der Waals surface area contributed by atoms with Crippen LogP contribution in [-0.4, -0.2) is 56.3 Å². The van der Waals surface area contributed by atoms with Crippen molar-refractivity contribution < 1.29 is 13.2 Å². The zero-order valence-corrected chi connectivity index (χ0v) is 16.1. The molecule has 0 radical (unpaired) electrons. The molecule has 1 unspecified atom stereocenters. The maximum absolute atomic E-state index is 13.2. The number of carbonyl (C=O) groups is 1. The quantitative estimate of drug-likeness (QED) is 0.813. The summed E-state index contributed by atoms with van der Waals surface area (Å²) in [5.74, 6) is -0.275. The van der Waals surface area contributed by atoms with E-state index in [4.69, 9.17) is 0 Å². The van der Waals surface area contributed by atoms with Gasteiger partial charge in [0.2, 0.25) is 0 Å². The Labute approximate surface area is 160 Å². The van der Waals surface area contributed by atoms with Gasteiger partial charge in [-0.15, -0.1) is 0 Å². The molecule has 2 aromatic rings. The number of amides is 1. The van der Waals surface area contributed by atoms with Gasteiger partial charge in [0.1, 0.15) is 0 Å². The zero-order chi connectivity index (χ0) is 18.9. The molecule has 142 valence electrons. The third-order valence-electron chi connectivity index (χ3n) is 5.53. The number of carbonyl (C=O) groups excluding carboxylic acids is 1. The molecule has 0 N–H and O–H groups in total. The van der Waals surface area contributed by atoms with Crippen LogP contribution in [0, 0.1) is 0 Å². The molecule has 0 bridgehead atoms. The van der Waals surface area contributed by atoms with E-state index in [0.29, 0.717) is 24.7 Å². The average molecular weight is 385 g/mol. The van der Waals surface area contributed by atoms with Crippen LogP contribution in [-0.2, 0) is 15.6 Å². The maximum Gasteiger partial charge on any atom is 0.255 e. The molecule has 2 aromatic carbocycles. The molecule has 2 fully saturated rings. The lowest BCUT2D eigenvalue weighted by molar-refractivity contribution is 0.0567. The van der Waals surface area contributed by atoms with Gasteiger partial charge >= 0.3 is 0 Å². The first-order valence-electron chi connectivity index (χ1n) is 9.44. The number of sulfone groups is 1. The summed E-state index contributed by atoms with van der Waals surface area (Å²) in [5.41, 5.74) is 1.01. The Kier molecular flexibility index (Phi) is 5.02. The molecule has 2 saturated heterocycles. The number of nitrogens with zero attached hydrogens (tertiary/aromatic N) is 2. The summed E-state index contributed by atoms with van der Waals surface area (Å²) in [6.45, 7) is 3.32. The van der Waals surface area contributed by atoms with Gasteiger partial charge < -0.3 is 4.90 Å². The van der Waals surface area contributed by atoms with Crippen molar-refractivity contribution in [1.29, 1.82) is 0 Å². The number of rotatable bonds is 4. The van der Waals surface area contributed by atoms with Crippen molar-refractivity contribution in [3.63, 3.8) is 0 Å². The molecular formula is C21H24N2O3S. The van der Waals surface area contributed by atoms with Crippen LogP contribution in [0.25, 0.3) is 0 Å². The maximum atomic E-state index is 13.2. The minimum absolute atomic E-state index is 0.103. The molecule has 2 aliphatic heterocycles. The number of fused-ring (bicyclic) bond motifs is 1. The molecule has 1 amide bonds. The van der Waals surface area contributed by atoms with Crippen LogP contribution in [0.5, 0.6) is 0 Å². The van der Waals surface area contributed by atoms with Crippen LogP contribution < -0.4 is 0 Å². The van der Waals surface area contributed by atoms with E-state index in [1.54, 1.807) is 36.4 Å². The normalized spacial score (nSPS) is 20.4. The van der Waals surface area contributed by atoms with Crippen LogP contribution in [0.1, 0.15) is 28.8 Å². The van der Waals surface area contributed by atoms with Gasteiger partial charge in [-0.05, 0) is 37.1 Å². The largest absolute Gasteiger partial charge is 0.336 e. The van der Waals surface area contributed by atoms with Crippen LogP contribution in [0.2, 0.25) is 0 Å². The summed E-state index contributed by atoms with van der Waals surface area (Å²) < 4.78 is 26.0. The van der Waals surface area contributed by atoms with Gasteiger partial charge in [0.25, 0.3) is 5.91 Å². The predicted molar refractivity (Wildman–Crippen MR) is 104 cm³/mol. The molecule has 2 heterocycles. The van der Waals surface area contributed by atoms with Gasteiger partial charge in [-0.2, -0.15) is 0 Å². The van der Waals surface area contributed by atoms with Crippen molar-refractivity contribution in [1.82, 2.24) is 9.80 Å². The molecule has 5 nitrogen and oxygen atoms in total. The summed E-state index contributed by atoms with van der Waals surface area (Å²) in [5, 5.41) is 0. The van der Waals surface area contributed by atoms with E-state index in [9.17, 15) is 13.2 Å². The van der Waals surface area contributed by atoms with E-state index in [1.165, 1.54) is 6.42 Å². The fraction of sp³-hybridized carbons (Fsp3) is 0.381. The molecule has 2 aliphatic rings. The monoisotopic (exact) mass is 384 g/mol. The molecule has 4 rings (SSSR count). The summed E-state index contributed by atoms with van der Waals surface area (Å²) >= 11 is 0. The van der Waals surface area contributed by atoms with Crippen LogP contribution in [0.3, 0.4) is 0 Å². The lowest BCUT2D eigenvalue weighted by Gasteiger charge is -2.37. The second-order valence-electron chi connectivity index (χ2n) is 7.32. The van der Waals surface area contributed by atoms with E-state index in [1.807, 2.05) is 23.1 Å². The summed E-state index contributed by atoms with van der Waals surface area (Å²) in [4.78, 5) is 17.5. The molecule has 0 aliphatic carbocycles. The second kappa shape index (κ2) is 7.44. The van der Waals surface area contributed by atoms with Crippen molar-refractivity contribution in [2.75, 3.05) is 26.2 Å². The second-order valence-corrected chi connectivity index (χ2v) is 9.28. The first-order chi connectivity index (χ1) is 13.0. The Morgan fingerprint density at radius 2 is 1.70 bits per heavy atom. The molecule has 0 saturated carbocycles. The lowest BCUT2D eigenvalue weighted by Crippen LogP contribution is -2.52. The van der Waals surface area contributed by atoms with Gasteiger partial charge in [0, 0.05) is 25.7 Å². The van der Waals surface area contributed by atoms with Gasteiger partial charge in [0.05, 0.1) is 16.2 Å². The molecule has 0 aromatic heterocycles. The highest BCUT2D eigenvalue weighted by atomic mass is 32.2. The Hall–Kier alpha value is -2.18. The minimum Gasteiger partial charge on any atom is -0.336 e. The molecule has 27 heavy (non-hydrogen) atoms. The van der Waals surface area contributed by atoms with Crippen LogP contribution in [0.15, 0.2) is 59.5 Å². The Morgan fingerprint density at radius 3 is 2.52 bits per heavy atom. The van der Waals surface area contributed by atoms with Crippen molar-refractivity contribution in [3.05, 3.63) is 65.7 Å². The SMILES string of the molecule is O=C(c1ccccc1S(=O)(=O)Cc1ccccc1)N1CCN2CCCC2C1.